The Morgan fingerprint density at radius 3 is 0.692 bits per heavy atom. The molecule has 0 bridgehead atoms. The van der Waals surface area contributed by atoms with E-state index in [0.717, 1.165) is 20.8 Å². The van der Waals surface area contributed by atoms with Crippen molar-refractivity contribution in [3.8, 4) is 0 Å². The van der Waals surface area contributed by atoms with Crippen LogP contribution in [0.4, 0.5) is 0 Å². The van der Waals surface area contributed by atoms with E-state index < -0.39 is 17.9 Å². The van der Waals surface area contributed by atoms with E-state index >= 15 is 0 Å². The summed E-state index contributed by atoms with van der Waals surface area (Å²) in [5, 5.41) is 26.7. The summed E-state index contributed by atoms with van der Waals surface area (Å²) in [5.41, 5.74) is 0. The fourth-order valence-electron chi connectivity index (χ4n) is 0. The Labute approximate surface area is 90.4 Å². The van der Waals surface area contributed by atoms with Crippen LogP contribution in [0, 0.1) is 0 Å². The Hall–Kier alpha value is -0.876. The molecule has 0 saturated carbocycles. The first-order chi connectivity index (χ1) is 5.20. The number of hydrogen-bond acceptors (Lipinski definition) is 6. The van der Waals surface area contributed by atoms with E-state index in [4.69, 9.17) is 29.7 Å². The van der Waals surface area contributed by atoms with E-state index in [1.807, 2.05) is 0 Å². The molecule has 0 unspecified atom stereocenters. The van der Waals surface area contributed by atoms with E-state index in [-0.39, 0.29) is 21.7 Å². The number of carbonyl (C=O) groups excluding carboxylic acids is 3. The van der Waals surface area contributed by atoms with Crippen LogP contribution in [0.2, 0.25) is 0 Å². The quantitative estimate of drug-likeness (QED) is 0.390. The van der Waals surface area contributed by atoms with Crippen LogP contribution in [0.5, 0.6) is 0 Å². The molecular weight excluding hydrogens is 216 g/mol. The third-order valence-electron chi connectivity index (χ3n) is 0. The van der Waals surface area contributed by atoms with Gasteiger partial charge in [0.1, 0.15) is 0 Å². The van der Waals surface area contributed by atoms with Gasteiger partial charge >= 0.3 is 21.7 Å². The maximum absolute atomic E-state index is 8.89. The van der Waals surface area contributed by atoms with Gasteiger partial charge in [-0.25, -0.2) is 0 Å². The summed E-state index contributed by atoms with van der Waals surface area (Å²) in [6, 6.07) is 0. The normalized spacial score (nSPS) is 5.77. The first kappa shape index (κ1) is 22.7. The number of aliphatic carboxylic acids is 3. The summed E-state index contributed by atoms with van der Waals surface area (Å²) in [7, 11) is 0. The zero-order valence-corrected chi connectivity index (χ0v) is 9.01. The second-order valence-electron chi connectivity index (χ2n) is 1.47. The third-order valence-corrected chi connectivity index (χ3v) is 0. The molecule has 0 heterocycles. The number of carboxylic acids is 3. The molecule has 0 aromatic heterocycles. The smallest absolute Gasteiger partial charge is 0.550 e. The summed E-state index contributed by atoms with van der Waals surface area (Å²) < 4.78 is 0. The van der Waals surface area contributed by atoms with E-state index in [1.54, 1.807) is 0 Å². The van der Waals surface area contributed by atoms with Crippen LogP contribution in [0.3, 0.4) is 0 Å². The van der Waals surface area contributed by atoms with Crippen LogP contribution >= 0.6 is 0 Å². The van der Waals surface area contributed by atoms with Gasteiger partial charge in [0.15, 0.2) is 0 Å². The van der Waals surface area contributed by atoms with E-state index in [1.165, 1.54) is 0 Å². The average Bonchev–Trinajstić information content (AvgIpc) is 1.54. The SMILES string of the molecule is CC(=O)[O-].CC(=O)[O-].CC(=O)[O-].[Ti+2]. The molecular formula is C6H9O6Ti-. The van der Waals surface area contributed by atoms with Gasteiger partial charge in [0, 0.05) is 17.9 Å². The molecule has 0 aromatic carbocycles. The van der Waals surface area contributed by atoms with Gasteiger partial charge in [-0.1, -0.05) is 0 Å². The van der Waals surface area contributed by atoms with Crippen molar-refractivity contribution in [1.82, 2.24) is 0 Å². The molecule has 7 heteroatoms. The zero-order chi connectivity index (χ0) is 10.7. The minimum atomic E-state index is -1.08. The molecule has 0 aliphatic rings. The predicted octanol–water partition coefficient (Wildman–Crippen LogP) is -3.73. The fraction of sp³-hybridized carbons (Fsp3) is 0.500. The third kappa shape index (κ3) is 1210. The Morgan fingerprint density at radius 2 is 0.692 bits per heavy atom. The fourth-order valence-corrected chi connectivity index (χ4v) is 0. The Kier molecular flexibility index (Phi) is 30.2. The molecule has 0 aliphatic heterocycles. The second-order valence-corrected chi connectivity index (χ2v) is 1.47. The molecule has 0 N–H and O–H groups in total. The van der Waals surface area contributed by atoms with Crippen molar-refractivity contribution in [1.29, 1.82) is 0 Å². The maximum atomic E-state index is 8.89. The first-order valence-electron chi connectivity index (χ1n) is 2.72. The topological polar surface area (TPSA) is 120 Å². The Balaban J connectivity index is -0.0000000450. The Morgan fingerprint density at radius 1 is 0.692 bits per heavy atom. The molecule has 6 nitrogen and oxygen atoms in total. The van der Waals surface area contributed by atoms with Gasteiger partial charge in [-0.3, -0.25) is 0 Å². The summed E-state index contributed by atoms with van der Waals surface area (Å²) in [5.74, 6) is -3.25. The van der Waals surface area contributed by atoms with Crippen LogP contribution in [-0.4, -0.2) is 17.9 Å². The molecule has 74 valence electrons. The predicted molar refractivity (Wildman–Crippen MR) is 32.0 cm³/mol. The van der Waals surface area contributed by atoms with Crippen molar-refractivity contribution < 1.29 is 51.4 Å². The van der Waals surface area contributed by atoms with E-state index in [2.05, 4.69) is 0 Å². The van der Waals surface area contributed by atoms with Gasteiger partial charge < -0.3 is 29.7 Å². The number of carbonyl (C=O) groups is 3. The van der Waals surface area contributed by atoms with Crippen molar-refractivity contribution in [2.75, 3.05) is 0 Å². The molecule has 0 rings (SSSR count). The summed E-state index contributed by atoms with van der Waals surface area (Å²) in [6.45, 7) is 2.92. The number of carboxylic acid groups (broad SMARTS) is 3. The molecule has 0 aromatic rings. The minimum Gasteiger partial charge on any atom is -0.550 e. The molecule has 0 fully saturated rings. The second kappa shape index (κ2) is 17.3. The first-order valence-corrected chi connectivity index (χ1v) is 2.72. The van der Waals surface area contributed by atoms with Crippen LogP contribution < -0.4 is 15.3 Å². The van der Waals surface area contributed by atoms with Gasteiger partial charge in [0.05, 0.1) is 0 Å². The van der Waals surface area contributed by atoms with Crippen molar-refractivity contribution in [2.24, 2.45) is 0 Å². The van der Waals surface area contributed by atoms with E-state index in [0.29, 0.717) is 0 Å². The van der Waals surface area contributed by atoms with Crippen LogP contribution in [0.1, 0.15) is 20.8 Å². The minimum absolute atomic E-state index is 0. The van der Waals surface area contributed by atoms with Crippen molar-refractivity contribution in [2.45, 2.75) is 20.8 Å². The molecule has 0 atom stereocenters. The van der Waals surface area contributed by atoms with Crippen molar-refractivity contribution in [3.63, 3.8) is 0 Å². The molecule has 13 heavy (non-hydrogen) atoms. The van der Waals surface area contributed by atoms with Gasteiger partial charge in [-0.2, -0.15) is 0 Å². The Bertz CT molecular complexity index is 115. The summed E-state index contributed by atoms with van der Waals surface area (Å²) in [6.07, 6.45) is 0. The van der Waals surface area contributed by atoms with Crippen LogP contribution in [0.25, 0.3) is 0 Å². The molecule has 0 amide bonds. The molecule has 0 saturated heterocycles. The zero-order valence-electron chi connectivity index (χ0n) is 7.45. The van der Waals surface area contributed by atoms with Crippen LogP contribution in [-0.2, 0) is 36.1 Å². The van der Waals surface area contributed by atoms with Gasteiger partial charge in [0.25, 0.3) is 0 Å². The number of rotatable bonds is 0. The molecule has 0 radical (unpaired) electrons. The van der Waals surface area contributed by atoms with Gasteiger partial charge in [0.2, 0.25) is 0 Å². The van der Waals surface area contributed by atoms with Gasteiger partial charge in [-0.05, 0) is 20.8 Å². The monoisotopic (exact) mass is 225 g/mol. The molecule has 0 aliphatic carbocycles. The number of hydrogen-bond donors (Lipinski definition) is 0. The molecule has 0 spiro atoms. The standard InChI is InChI=1S/3C2H4O2.Ti/c3*1-2(3)4;/h3*1H3,(H,3,4);/q;;;+2/p-3. The van der Waals surface area contributed by atoms with Crippen molar-refractivity contribution >= 4 is 17.9 Å². The van der Waals surface area contributed by atoms with Crippen LogP contribution in [0.15, 0.2) is 0 Å². The summed E-state index contributed by atoms with van der Waals surface area (Å²) >= 11 is 0. The largest absolute Gasteiger partial charge is 2.00 e. The van der Waals surface area contributed by atoms with Gasteiger partial charge in [-0.15, -0.1) is 0 Å². The van der Waals surface area contributed by atoms with Crippen molar-refractivity contribution in [3.05, 3.63) is 0 Å². The van der Waals surface area contributed by atoms with E-state index in [9.17, 15) is 0 Å². The average molecular weight is 225 g/mol. The summed E-state index contributed by atoms with van der Waals surface area (Å²) in [4.78, 5) is 26.7. The maximum Gasteiger partial charge on any atom is 2.00 e.